The Morgan fingerprint density at radius 3 is 2.69 bits per heavy atom. The second-order valence-electron chi connectivity index (χ2n) is 6.46. The van der Waals surface area contributed by atoms with Gasteiger partial charge >= 0.3 is 7.12 Å². The first kappa shape index (κ1) is 11.1. The molecular formula is C12H22BNO2. The van der Waals surface area contributed by atoms with Gasteiger partial charge in [-0.15, -0.1) is 0 Å². The van der Waals surface area contributed by atoms with Crippen LogP contribution < -0.4 is 5.32 Å². The molecule has 0 radical (unpaired) electrons. The lowest BCUT2D eigenvalue weighted by molar-refractivity contribution is -0.199. The summed E-state index contributed by atoms with van der Waals surface area (Å²) in [4.78, 5) is 0. The van der Waals surface area contributed by atoms with Crippen LogP contribution in [0.5, 0.6) is 0 Å². The van der Waals surface area contributed by atoms with E-state index >= 15 is 0 Å². The SMILES string of the molecule is CNCB1OC2CC3CC(C3(C)C)C2(C)O1. The van der Waals surface area contributed by atoms with E-state index in [9.17, 15) is 0 Å². The van der Waals surface area contributed by atoms with Crippen molar-refractivity contribution < 1.29 is 9.31 Å². The van der Waals surface area contributed by atoms with Crippen molar-refractivity contribution in [3.8, 4) is 0 Å². The van der Waals surface area contributed by atoms with E-state index in [4.69, 9.17) is 9.31 Å². The van der Waals surface area contributed by atoms with Crippen molar-refractivity contribution in [3.63, 3.8) is 0 Å². The van der Waals surface area contributed by atoms with Crippen LogP contribution >= 0.6 is 0 Å². The second-order valence-corrected chi connectivity index (χ2v) is 6.46. The molecule has 4 rings (SSSR count). The molecule has 4 unspecified atom stereocenters. The van der Waals surface area contributed by atoms with Gasteiger partial charge in [0.05, 0.1) is 11.7 Å². The molecule has 3 nitrogen and oxygen atoms in total. The summed E-state index contributed by atoms with van der Waals surface area (Å²) >= 11 is 0. The summed E-state index contributed by atoms with van der Waals surface area (Å²) in [6.45, 7) is 7.04. The van der Waals surface area contributed by atoms with E-state index in [0.29, 0.717) is 17.4 Å². The van der Waals surface area contributed by atoms with E-state index < -0.39 is 0 Å². The molecule has 1 aliphatic heterocycles. The van der Waals surface area contributed by atoms with Crippen LogP contribution in [-0.4, -0.2) is 32.3 Å². The Morgan fingerprint density at radius 2 is 2.06 bits per heavy atom. The van der Waals surface area contributed by atoms with Crippen LogP contribution in [-0.2, 0) is 9.31 Å². The monoisotopic (exact) mass is 223 g/mol. The minimum absolute atomic E-state index is 0.0419. The standard InChI is InChI=1S/C12H22BNO2/c1-11(2)8-5-9(11)12(3)10(6-8)15-13(16-12)7-14-4/h8-10,14H,5-7H2,1-4H3. The minimum atomic E-state index is -0.0462. The predicted octanol–water partition coefficient (Wildman–Crippen LogP) is 1.47. The van der Waals surface area contributed by atoms with Gasteiger partial charge in [-0.25, -0.2) is 0 Å². The molecule has 0 spiro atoms. The highest BCUT2D eigenvalue weighted by Gasteiger charge is 2.67. The van der Waals surface area contributed by atoms with Crippen molar-refractivity contribution in [1.29, 1.82) is 0 Å². The van der Waals surface area contributed by atoms with Gasteiger partial charge in [-0.3, -0.25) is 0 Å². The molecule has 0 amide bonds. The fraction of sp³-hybridized carbons (Fsp3) is 1.00. The van der Waals surface area contributed by atoms with Gasteiger partial charge in [-0.1, -0.05) is 13.8 Å². The lowest BCUT2D eigenvalue weighted by Crippen LogP contribution is -2.65. The van der Waals surface area contributed by atoms with Crippen LogP contribution in [0.1, 0.15) is 33.6 Å². The van der Waals surface area contributed by atoms with Gasteiger partial charge in [0.2, 0.25) is 0 Å². The Hall–Kier alpha value is -0.0551. The molecule has 3 saturated carbocycles. The van der Waals surface area contributed by atoms with Gasteiger partial charge in [0.15, 0.2) is 0 Å². The summed E-state index contributed by atoms with van der Waals surface area (Å²) in [6.07, 6.45) is 3.63. The summed E-state index contributed by atoms with van der Waals surface area (Å²) < 4.78 is 12.2. The Labute approximate surface area is 98.4 Å². The molecule has 4 heteroatoms. The summed E-state index contributed by atoms with van der Waals surface area (Å²) in [6, 6.07) is 0. The second kappa shape index (κ2) is 3.24. The summed E-state index contributed by atoms with van der Waals surface area (Å²) in [5.74, 6) is 1.51. The van der Waals surface area contributed by atoms with Gasteiger partial charge in [0.25, 0.3) is 0 Å². The molecule has 2 bridgehead atoms. The van der Waals surface area contributed by atoms with Crippen molar-refractivity contribution in [1.82, 2.24) is 5.32 Å². The van der Waals surface area contributed by atoms with Crippen LogP contribution in [0.2, 0.25) is 0 Å². The zero-order valence-electron chi connectivity index (χ0n) is 10.7. The normalized spacial score (nSPS) is 48.8. The highest BCUT2D eigenvalue weighted by Crippen LogP contribution is 2.65. The minimum Gasteiger partial charge on any atom is -0.405 e. The van der Waals surface area contributed by atoms with Crippen LogP contribution in [0.15, 0.2) is 0 Å². The van der Waals surface area contributed by atoms with Crippen LogP contribution in [0.25, 0.3) is 0 Å². The predicted molar refractivity (Wildman–Crippen MR) is 64.0 cm³/mol. The molecule has 0 aromatic heterocycles. The maximum atomic E-state index is 6.19. The molecule has 16 heavy (non-hydrogen) atoms. The molecule has 1 saturated heterocycles. The topological polar surface area (TPSA) is 30.5 Å². The van der Waals surface area contributed by atoms with Gasteiger partial charge in [-0.05, 0) is 44.1 Å². The smallest absolute Gasteiger partial charge is 0.405 e. The lowest BCUT2D eigenvalue weighted by Gasteiger charge is -2.64. The van der Waals surface area contributed by atoms with Crippen molar-refractivity contribution >= 4 is 7.12 Å². The summed E-state index contributed by atoms with van der Waals surface area (Å²) in [7, 11) is 1.90. The van der Waals surface area contributed by atoms with E-state index in [1.807, 2.05) is 7.05 Å². The Bertz CT molecular complexity index is 309. The summed E-state index contributed by atoms with van der Waals surface area (Å²) in [5, 5.41) is 3.14. The van der Waals surface area contributed by atoms with Crippen molar-refractivity contribution in [2.24, 2.45) is 17.3 Å². The number of hydrogen-bond donors (Lipinski definition) is 1. The quantitative estimate of drug-likeness (QED) is 0.719. The maximum absolute atomic E-state index is 6.19. The molecule has 1 N–H and O–H groups in total. The molecule has 3 aliphatic carbocycles. The number of rotatable bonds is 2. The Balaban J connectivity index is 1.81. The first-order chi connectivity index (χ1) is 7.48. The molecule has 4 fully saturated rings. The average Bonchev–Trinajstić information content (AvgIpc) is 2.53. The maximum Gasteiger partial charge on any atom is 0.472 e. The third-order valence-corrected chi connectivity index (χ3v) is 5.37. The highest BCUT2D eigenvalue weighted by molar-refractivity contribution is 6.45. The van der Waals surface area contributed by atoms with E-state index in [-0.39, 0.29) is 12.7 Å². The summed E-state index contributed by atoms with van der Waals surface area (Å²) in [5.41, 5.74) is 0.406. The number of hydrogen-bond acceptors (Lipinski definition) is 3. The van der Waals surface area contributed by atoms with E-state index in [2.05, 4.69) is 26.1 Å². The molecule has 0 aromatic carbocycles. The zero-order valence-corrected chi connectivity index (χ0v) is 10.7. The average molecular weight is 223 g/mol. The number of nitrogens with one attached hydrogen (secondary N) is 1. The Morgan fingerprint density at radius 1 is 1.31 bits per heavy atom. The third-order valence-electron chi connectivity index (χ3n) is 5.37. The molecular weight excluding hydrogens is 201 g/mol. The molecule has 1 heterocycles. The molecule has 0 aromatic rings. The van der Waals surface area contributed by atoms with E-state index in [0.717, 1.165) is 12.4 Å². The van der Waals surface area contributed by atoms with E-state index in [1.54, 1.807) is 0 Å². The van der Waals surface area contributed by atoms with Crippen LogP contribution in [0.4, 0.5) is 0 Å². The fourth-order valence-corrected chi connectivity index (χ4v) is 4.20. The fourth-order valence-electron chi connectivity index (χ4n) is 4.20. The van der Waals surface area contributed by atoms with Gasteiger partial charge in [0.1, 0.15) is 0 Å². The molecule has 4 atom stereocenters. The molecule has 90 valence electrons. The van der Waals surface area contributed by atoms with Crippen LogP contribution in [0, 0.1) is 17.3 Å². The molecule has 4 aliphatic rings. The lowest BCUT2D eigenvalue weighted by atomic mass is 9.43. The zero-order chi connectivity index (χ0) is 11.6. The van der Waals surface area contributed by atoms with Crippen molar-refractivity contribution in [2.45, 2.75) is 45.3 Å². The largest absolute Gasteiger partial charge is 0.472 e. The van der Waals surface area contributed by atoms with E-state index in [1.165, 1.54) is 12.8 Å². The van der Waals surface area contributed by atoms with Crippen molar-refractivity contribution in [3.05, 3.63) is 0 Å². The third kappa shape index (κ3) is 1.21. The first-order valence-electron chi connectivity index (χ1n) is 6.46. The van der Waals surface area contributed by atoms with Crippen molar-refractivity contribution in [2.75, 3.05) is 13.5 Å². The Kier molecular flexibility index (Phi) is 2.24. The van der Waals surface area contributed by atoms with Gasteiger partial charge in [0, 0.05) is 6.44 Å². The highest BCUT2D eigenvalue weighted by atomic mass is 16.7. The van der Waals surface area contributed by atoms with Crippen LogP contribution in [0.3, 0.4) is 0 Å². The van der Waals surface area contributed by atoms with Gasteiger partial charge < -0.3 is 14.6 Å². The first-order valence-corrected chi connectivity index (χ1v) is 6.46. The van der Waals surface area contributed by atoms with Gasteiger partial charge in [-0.2, -0.15) is 0 Å².